The van der Waals surface area contributed by atoms with Crippen LogP contribution in [0.15, 0.2) is 23.1 Å². The predicted octanol–water partition coefficient (Wildman–Crippen LogP) is 1.45. The highest BCUT2D eigenvalue weighted by Crippen LogP contribution is 2.23. The van der Waals surface area contributed by atoms with E-state index in [-0.39, 0.29) is 41.3 Å². The molecule has 0 spiro atoms. The zero-order valence-electron chi connectivity index (χ0n) is 17.5. The maximum absolute atomic E-state index is 13.1. The number of nitrogens with one attached hydrogen (secondary N) is 2. The summed E-state index contributed by atoms with van der Waals surface area (Å²) in [5, 5.41) is 5.71. The van der Waals surface area contributed by atoms with Crippen molar-refractivity contribution in [1.29, 1.82) is 0 Å². The van der Waals surface area contributed by atoms with Gasteiger partial charge in [0.15, 0.2) is 0 Å². The van der Waals surface area contributed by atoms with Crippen LogP contribution in [-0.4, -0.2) is 63.4 Å². The fourth-order valence-corrected chi connectivity index (χ4v) is 5.64. The normalized spacial score (nSPS) is 18.3. The van der Waals surface area contributed by atoms with Crippen molar-refractivity contribution < 1.29 is 22.7 Å². The van der Waals surface area contributed by atoms with Crippen molar-refractivity contribution in [2.75, 3.05) is 32.8 Å². The Labute approximate surface area is 178 Å². The fourth-order valence-electron chi connectivity index (χ4n) is 3.92. The minimum absolute atomic E-state index is 0.0703. The molecule has 1 aliphatic carbocycles. The number of nitrogens with zero attached hydrogens (tertiary/aromatic N) is 1. The Morgan fingerprint density at radius 1 is 1.17 bits per heavy atom. The molecule has 1 heterocycles. The van der Waals surface area contributed by atoms with Gasteiger partial charge in [-0.15, -0.1) is 0 Å². The van der Waals surface area contributed by atoms with Crippen LogP contribution in [0, 0.1) is 0 Å². The zero-order valence-corrected chi connectivity index (χ0v) is 18.3. The van der Waals surface area contributed by atoms with Crippen LogP contribution in [0.25, 0.3) is 0 Å². The lowest BCUT2D eigenvalue weighted by Gasteiger charge is -2.27. The second-order valence-electron chi connectivity index (χ2n) is 7.75. The van der Waals surface area contributed by atoms with E-state index in [1.165, 1.54) is 10.4 Å². The van der Waals surface area contributed by atoms with Gasteiger partial charge in [0, 0.05) is 37.7 Å². The van der Waals surface area contributed by atoms with Gasteiger partial charge in [-0.2, -0.15) is 4.31 Å². The molecule has 9 heteroatoms. The van der Waals surface area contributed by atoms with Gasteiger partial charge < -0.3 is 15.4 Å². The molecule has 0 aromatic heterocycles. The van der Waals surface area contributed by atoms with Crippen LogP contribution in [0.2, 0.25) is 0 Å². The third-order valence-corrected chi connectivity index (χ3v) is 7.64. The number of morpholine rings is 1. The molecular formula is C21H31N3O5S. The molecular weight excluding hydrogens is 406 g/mol. The van der Waals surface area contributed by atoms with E-state index in [1.54, 1.807) is 12.1 Å². The Morgan fingerprint density at radius 2 is 1.87 bits per heavy atom. The number of hydrogen-bond donors (Lipinski definition) is 2. The van der Waals surface area contributed by atoms with E-state index in [1.807, 2.05) is 6.92 Å². The van der Waals surface area contributed by atoms with E-state index < -0.39 is 10.0 Å². The molecule has 1 aromatic rings. The van der Waals surface area contributed by atoms with Crippen molar-refractivity contribution in [1.82, 2.24) is 14.9 Å². The van der Waals surface area contributed by atoms with Crippen LogP contribution in [0.4, 0.5) is 0 Å². The summed E-state index contributed by atoms with van der Waals surface area (Å²) in [5.41, 5.74) is 0.948. The average Bonchev–Trinajstić information content (AvgIpc) is 3.26. The Balaban J connectivity index is 1.63. The van der Waals surface area contributed by atoms with Crippen molar-refractivity contribution in [3.8, 4) is 0 Å². The molecule has 1 saturated carbocycles. The Bertz CT molecular complexity index is 859. The molecule has 1 aliphatic heterocycles. The molecule has 0 atom stereocenters. The van der Waals surface area contributed by atoms with Crippen LogP contribution in [0.5, 0.6) is 0 Å². The molecule has 1 saturated heterocycles. The molecule has 0 radical (unpaired) electrons. The molecule has 8 nitrogen and oxygen atoms in total. The first-order chi connectivity index (χ1) is 14.4. The molecule has 2 fully saturated rings. The van der Waals surface area contributed by atoms with Crippen molar-refractivity contribution in [2.24, 2.45) is 0 Å². The second kappa shape index (κ2) is 10.4. The van der Waals surface area contributed by atoms with Crippen LogP contribution in [-0.2, 0) is 26.0 Å². The van der Waals surface area contributed by atoms with Crippen molar-refractivity contribution in [2.45, 2.75) is 56.4 Å². The third kappa shape index (κ3) is 5.59. The smallest absolute Gasteiger partial charge is 0.251 e. The lowest BCUT2D eigenvalue weighted by atomic mass is 10.1. The lowest BCUT2D eigenvalue weighted by molar-refractivity contribution is -0.121. The largest absolute Gasteiger partial charge is 0.379 e. The summed E-state index contributed by atoms with van der Waals surface area (Å²) in [6.07, 6.45) is 5.07. The Morgan fingerprint density at radius 3 is 2.53 bits per heavy atom. The van der Waals surface area contributed by atoms with E-state index in [4.69, 9.17) is 4.74 Å². The van der Waals surface area contributed by atoms with Gasteiger partial charge >= 0.3 is 0 Å². The summed E-state index contributed by atoms with van der Waals surface area (Å²) in [7, 11) is -3.70. The molecule has 2 aliphatic rings. The standard InChI is InChI=1S/C21H31N3O5S/c1-2-16-7-8-17(15-19(16)30(27,28)24-11-13-29-14-12-24)21(26)22-10-9-20(25)23-18-5-3-4-6-18/h7-8,15,18H,2-6,9-14H2,1H3,(H,22,26)(H,23,25). The molecule has 3 rings (SSSR count). The molecule has 2 N–H and O–H groups in total. The number of benzene rings is 1. The minimum Gasteiger partial charge on any atom is -0.379 e. The number of sulfonamides is 1. The SMILES string of the molecule is CCc1ccc(C(=O)NCCC(=O)NC2CCCC2)cc1S(=O)(=O)N1CCOCC1. The number of carbonyl (C=O) groups is 2. The first-order valence-electron chi connectivity index (χ1n) is 10.7. The molecule has 166 valence electrons. The van der Waals surface area contributed by atoms with Crippen LogP contribution < -0.4 is 10.6 Å². The zero-order chi connectivity index (χ0) is 21.6. The Hall–Kier alpha value is -1.97. The van der Waals surface area contributed by atoms with Gasteiger partial charge in [0.1, 0.15) is 0 Å². The second-order valence-corrected chi connectivity index (χ2v) is 9.65. The highest BCUT2D eigenvalue weighted by molar-refractivity contribution is 7.89. The lowest BCUT2D eigenvalue weighted by Crippen LogP contribution is -2.41. The van der Waals surface area contributed by atoms with Crippen molar-refractivity contribution >= 4 is 21.8 Å². The molecule has 30 heavy (non-hydrogen) atoms. The number of amides is 2. The summed E-state index contributed by atoms with van der Waals surface area (Å²) in [6, 6.07) is 5.01. The highest BCUT2D eigenvalue weighted by Gasteiger charge is 2.29. The van der Waals surface area contributed by atoms with Crippen LogP contribution >= 0.6 is 0 Å². The van der Waals surface area contributed by atoms with E-state index in [9.17, 15) is 18.0 Å². The molecule has 0 unspecified atom stereocenters. The highest BCUT2D eigenvalue weighted by atomic mass is 32.2. The predicted molar refractivity (Wildman–Crippen MR) is 113 cm³/mol. The van der Waals surface area contributed by atoms with Gasteiger partial charge in [0.25, 0.3) is 5.91 Å². The van der Waals surface area contributed by atoms with E-state index in [0.29, 0.717) is 38.3 Å². The fraction of sp³-hybridized carbons (Fsp3) is 0.619. The molecule has 0 bridgehead atoms. The number of ether oxygens (including phenoxy) is 1. The maximum atomic E-state index is 13.1. The summed E-state index contributed by atoms with van der Waals surface area (Å²) in [4.78, 5) is 24.7. The summed E-state index contributed by atoms with van der Waals surface area (Å²) in [5.74, 6) is -0.455. The number of hydrogen-bond acceptors (Lipinski definition) is 5. The molecule has 1 aromatic carbocycles. The monoisotopic (exact) mass is 437 g/mol. The minimum atomic E-state index is -3.70. The van der Waals surface area contributed by atoms with E-state index in [2.05, 4.69) is 10.6 Å². The van der Waals surface area contributed by atoms with Gasteiger partial charge in [-0.25, -0.2) is 8.42 Å². The van der Waals surface area contributed by atoms with Gasteiger partial charge in [-0.3, -0.25) is 9.59 Å². The first kappa shape index (κ1) is 22.7. The van der Waals surface area contributed by atoms with Crippen molar-refractivity contribution in [3.63, 3.8) is 0 Å². The summed E-state index contributed by atoms with van der Waals surface area (Å²) in [6.45, 7) is 3.43. The van der Waals surface area contributed by atoms with Gasteiger partial charge in [-0.05, 0) is 37.0 Å². The van der Waals surface area contributed by atoms with Crippen LogP contribution in [0.3, 0.4) is 0 Å². The maximum Gasteiger partial charge on any atom is 0.251 e. The van der Waals surface area contributed by atoms with Crippen LogP contribution in [0.1, 0.15) is 54.9 Å². The van der Waals surface area contributed by atoms with Gasteiger partial charge in [-0.1, -0.05) is 25.8 Å². The summed E-state index contributed by atoms with van der Waals surface area (Å²) >= 11 is 0. The Kier molecular flexibility index (Phi) is 7.85. The third-order valence-electron chi connectivity index (χ3n) is 5.66. The van der Waals surface area contributed by atoms with Gasteiger partial charge in [0.05, 0.1) is 18.1 Å². The molecule has 2 amide bonds. The topological polar surface area (TPSA) is 105 Å². The average molecular weight is 438 g/mol. The van der Waals surface area contributed by atoms with E-state index in [0.717, 1.165) is 25.7 Å². The van der Waals surface area contributed by atoms with Gasteiger partial charge in [0.2, 0.25) is 15.9 Å². The summed E-state index contributed by atoms with van der Waals surface area (Å²) < 4.78 is 32.8. The van der Waals surface area contributed by atoms with E-state index >= 15 is 0 Å². The quantitative estimate of drug-likeness (QED) is 0.641. The number of rotatable bonds is 8. The first-order valence-corrected chi connectivity index (χ1v) is 12.1. The number of aryl methyl sites for hydroxylation is 1. The van der Waals surface area contributed by atoms with Crippen molar-refractivity contribution in [3.05, 3.63) is 29.3 Å². The number of carbonyl (C=O) groups excluding carboxylic acids is 2.